The molecule has 0 atom stereocenters. The normalized spacial score (nSPS) is 14.0. The van der Waals surface area contributed by atoms with Crippen molar-refractivity contribution in [2.45, 2.75) is 19.4 Å². The Kier molecular flexibility index (Phi) is 3.62. The van der Waals surface area contributed by atoms with Gasteiger partial charge in [0.15, 0.2) is 5.43 Å². The number of nitrogens with zero attached hydrogens (tertiary/aromatic N) is 1. The van der Waals surface area contributed by atoms with Gasteiger partial charge in [0.1, 0.15) is 17.1 Å². The Hall–Kier alpha value is -3.41. The van der Waals surface area contributed by atoms with E-state index in [-0.39, 0.29) is 11.4 Å². The smallest absolute Gasteiger partial charge is 0.341 e. The molecular weight excluding hydrogens is 361 g/mol. The number of aromatic carboxylic acids is 1. The number of benzene rings is 2. The summed E-state index contributed by atoms with van der Waals surface area (Å²) in [4.78, 5) is 23.6. The van der Waals surface area contributed by atoms with Crippen LogP contribution in [-0.2, 0) is 19.4 Å². The predicted octanol–water partition coefficient (Wildman–Crippen LogP) is 3.51. The maximum atomic E-state index is 13.4. The van der Waals surface area contributed by atoms with Crippen LogP contribution in [0.4, 0.5) is 4.39 Å². The van der Waals surface area contributed by atoms with Gasteiger partial charge in [0, 0.05) is 41.9 Å². The minimum Gasteiger partial charge on any atom is -0.492 e. The first-order chi connectivity index (χ1) is 13.5. The van der Waals surface area contributed by atoms with Crippen LogP contribution >= 0.6 is 0 Å². The van der Waals surface area contributed by atoms with Gasteiger partial charge in [0.05, 0.1) is 12.3 Å². The maximum absolute atomic E-state index is 13.4. The first kappa shape index (κ1) is 16.7. The highest BCUT2D eigenvalue weighted by Gasteiger charge is 2.28. The van der Waals surface area contributed by atoms with Crippen molar-refractivity contribution < 1.29 is 19.0 Å². The molecule has 3 aromatic rings. The van der Waals surface area contributed by atoms with E-state index in [9.17, 15) is 19.1 Å². The number of aryl methyl sites for hydroxylation is 1. The Balaban J connectivity index is 1.77. The number of pyridine rings is 1. The lowest BCUT2D eigenvalue weighted by Crippen LogP contribution is -2.22. The topological polar surface area (TPSA) is 68.5 Å². The number of carboxylic acids is 1. The lowest BCUT2D eigenvalue weighted by Gasteiger charge is -2.25. The number of carbonyl (C=O) groups is 1. The quantitative estimate of drug-likeness (QED) is 0.742. The Morgan fingerprint density at radius 2 is 1.86 bits per heavy atom. The summed E-state index contributed by atoms with van der Waals surface area (Å²) in [5, 5.41) is 9.24. The van der Waals surface area contributed by atoms with E-state index in [2.05, 4.69) is 0 Å². The first-order valence-corrected chi connectivity index (χ1v) is 9.08. The van der Waals surface area contributed by atoms with Crippen molar-refractivity contribution in [3.8, 4) is 28.1 Å². The molecule has 28 heavy (non-hydrogen) atoms. The Morgan fingerprint density at radius 1 is 1.07 bits per heavy atom. The second-order valence-electron chi connectivity index (χ2n) is 7.05. The molecule has 0 unspecified atom stereocenters. The number of ether oxygens (including phenoxy) is 1. The molecule has 0 saturated carbocycles. The molecule has 1 N–H and O–H groups in total. The molecule has 0 saturated heterocycles. The van der Waals surface area contributed by atoms with Crippen molar-refractivity contribution in [1.29, 1.82) is 0 Å². The summed E-state index contributed by atoms with van der Waals surface area (Å²) in [5.41, 5.74) is 4.83. The molecule has 2 aliphatic heterocycles. The number of carboxylic acid groups (broad SMARTS) is 1. The highest BCUT2D eigenvalue weighted by Crippen LogP contribution is 2.45. The van der Waals surface area contributed by atoms with Crippen LogP contribution in [0, 0.1) is 5.82 Å². The minimum absolute atomic E-state index is 0.226. The van der Waals surface area contributed by atoms with E-state index in [1.807, 2.05) is 10.6 Å². The lowest BCUT2D eigenvalue weighted by atomic mass is 9.87. The number of aromatic nitrogens is 1. The molecule has 1 aromatic heterocycles. The van der Waals surface area contributed by atoms with Gasteiger partial charge >= 0.3 is 5.97 Å². The largest absolute Gasteiger partial charge is 0.492 e. The van der Waals surface area contributed by atoms with Crippen LogP contribution in [0.5, 0.6) is 5.75 Å². The molecule has 3 heterocycles. The predicted molar refractivity (Wildman–Crippen MR) is 101 cm³/mol. The Bertz CT molecular complexity index is 1190. The highest BCUT2D eigenvalue weighted by molar-refractivity contribution is 5.88. The zero-order chi connectivity index (χ0) is 19.4. The van der Waals surface area contributed by atoms with Crippen molar-refractivity contribution in [2.75, 3.05) is 6.61 Å². The second kappa shape index (κ2) is 6.05. The monoisotopic (exact) mass is 377 g/mol. The molecule has 5 rings (SSSR count). The molecule has 2 aliphatic rings. The van der Waals surface area contributed by atoms with Gasteiger partial charge in [-0.15, -0.1) is 0 Å². The van der Waals surface area contributed by atoms with E-state index < -0.39 is 11.4 Å². The van der Waals surface area contributed by atoms with Gasteiger partial charge in [-0.1, -0.05) is 12.1 Å². The van der Waals surface area contributed by atoms with Crippen LogP contribution in [0.25, 0.3) is 22.4 Å². The van der Waals surface area contributed by atoms with Gasteiger partial charge in [-0.05, 0) is 35.7 Å². The van der Waals surface area contributed by atoms with E-state index in [0.717, 1.165) is 46.4 Å². The Morgan fingerprint density at radius 3 is 2.61 bits per heavy atom. The molecular formula is C22H16FNO4. The summed E-state index contributed by atoms with van der Waals surface area (Å²) < 4.78 is 21.1. The van der Waals surface area contributed by atoms with Crippen LogP contribution < -0.4 is 10.2 Å². The van der Waals surface area contributed by atoms with Crippen molar-refractivity contribution in [1.82, 2.24) is 4.57 Å². The Labute approximate surface area is 159 Å². The van der Waals surface area contributed by atoms with Crippen molar-refractivity contribution in [3.05, 3.63) is 75.3 Å². The number of fused-ring (bicyclic) bond motifs is 5. The van der Waals surface area contributed by atoms with Gasteiger partial charge in [-0.25, -0.2) is 9.18 Å². The summed E-state index contributed by atoms with van der Waals surface area (Å²) in [6.45, 7) is 1.19. The van der Waals surface area contributed by atoms with Crippen molar-refractivity contribution >= 4 is 5.97 Å². The summed E-state index contributed by atoms with van der Waals surface area (Å²) >= 11 is 0. The lowest BCUT2D eigenvalue weighted by molar-refractivity contribution is 0.0694. The summed E-state index contributed by atoms with van der Waals surface area (Å²) in [6.07, 6.45) is 2.94. The maximum Gasteiger partial charge on any atom is 0.341 e. The summed E-state index contributed by atoms with van der Waals surface area (Å²) in [6, 6.07) is 9.61. The van der Waals surface area contributed by atoms with Crippen molar-refractivity contribution in [2.24, 2.45) is 0 Å². The van der Waals surface area contributed by atoms with E-state index in [1.54, 1.807) is 12.1 Å². The van der Waals surface area contributed by atoms with Gasteiger partial charge in [0.2, 0.25) is 0 Å². The number of halogens is 1. The third-order valence-electron chi connectivity index (χ3n) is 5.49. The SMILES string of the molecule is O=C(O)c1cn2c(cc1=O)-c1cc(-c3ccc(F)cc3)c3c(c1CC2)CCO3. The third kappa shape index (κ3) is 2.45. The fraction of sp³-hybridized carbons (Fsp3) is 0.182. The molecule has 0 radical (unpaired) electrons. The van der Waals surface area contributed by atoms with Crippen LogP contribution in [0.3, 0.4) is 0 Å². The van der Waals surface area contributed by atoms with Gasteiger partial charge < -0.3 is 14.4 Å². The molecule has 140 valence electrons. The second-order valence-corrected chi connectivity index (χ2v) is 7.05. The number of rotatable bonds is 2. The molecule has 6 heteroatoms. The summed E-state index contributed by atoms with van der Waals surface area (Å²) in [5.74, 6) is -0.707. The van der Waals surface area contributed by atoms with E-state index in [1.165, 1.54) is 24.4 Å². The van der Waals surface area contributed by atoms with E-state index >= 15 is 0 Å². The third-order valence-corrected chi connectivity index (χ3v) is 5.49. The summed E-state index contributed by atoms with van der Waals surface area (Å²) in [7, 11) is 0. The molecule has 0 fully saturated rings. The van der Waals surface area contributed by atoms with Crippen LogP contribution in [0.2, 0.25) is 0 Å². The zero-order valence-electron chi connectivity index (χ0n) is 14.9. The first-order valence-electron chi connectivity index (χ1n) is 9.08. The minimum atomic E-state index is -1.22. The van der Waals surface area contributed by atoms with Gasteiger partial charge in [-0.2, -0.15) is 0 Å². The molecule has 0 amide bonds. The van der Waals surface area contributed by atoms with Gasteiger partial charge in [0.25, 0.3) is 0 Å². The average Bonchev–Trinajstić information content (AvgIpc) is 3.17. The molecule has 0 bridgehead atoms. The van der Waals surface area contributed by atoms with Crippen molar-refractivity contribution in [3.63, 3.8) is 0 Å². The standard InChI is InChI=1S/C22H16FNO4/c23-13-3-1-12(2-4-13)16-9-17-14(15-6-8-28-21(15)16)5-7-24-11-18(22(26)27)20(25)10-19(17)24/h1-4,9-11H,5-8H2,(H,26,27). The number of hydrogen-bond acceptors (Lipinski definition) is 3. The molecule has 2 aromatic carbocycles. The average molecular weight is 377 g/mol. The molecule has 0 spiro atoms. The fourth-order valence-corrected chi connectivity index (χ4v) is 4.19. The number of hydrogen-bond donors (Lipinski definition) is 1. The zero-order valence-corrected chi connectivity index (χ0v) is 14.9. The van der Waals surface area contributed by atoms with Crippen LogP contribution in [0.1, 0.15) is 21.5 Å². The molecule has 5 nitrogen and oxygen atoms in total. The van der Waals surface area contributed by atoms with Crippen LogP contribution in [0.15, 0.2) is 47.4 Å². The fourth-order valence-electron chi connectivity index (χ4n) is 4.19. The van der Waals surface area contributed by atoms with E-state index in [0.29, 0.717) is 18.8 Å². The van der Waals surface area contributed by atoms with Gasteiger partial charge in [-0.3, -0.25) is 4.79 Å². The van der Waals surface area contributed by atoms with E-state index in [4.69, 9.17) is 4.74 Å². The highest BCUT2D eigenvalue weighted by atomic mass is 19.1. The van der Waals surface area contributed by atoms with Crippen LogP contribution in [-0.4, -0.2) is 22.2 Å². The molecule has 0 aliphatic carbocycles.